The zero-order valence-electron chi connectivity index (χ0n) is 10.0. The van der Waals surface area contributed by atoms with E-state index in [1.807, 2.05) is 6.07 Å². The van der Waals surface area contributed by atoms with E-state index in [1.165, 1.54) is 30.5 Å². The van der Waals surface area contributed by atoms with E-state index in [0.717, 1.165) is 0 Å². The zero-order valence-corrected chi connectivity index (χ0v) is 10.8. The number of aromatic nitrogens is 1. The molecule has 100 valence electrons. The van der Waals surface area contributed by atoms with Crippen molar-refractivity contribution < 1.29 is 9.18 Å². The van der Waals surface area contributed by atoms with Crippen molar-refractivity contribution in [2.24, 2.45) is 0 Å². The van der Waals surface area contributed by atoms with E-state index in [2.05, 4.69) is 10.3 Å². The second-order valence-corrected chi connectivity index (χ2v) is 4.25. The fourth-order valence-corrected chi connectivity index (χ4v) is 1.71. The number of hydrogen-bond acceptors (Lipinski definition) is 4. The van der Waals surface area contributed by atoms with Gasteiger partial charge in [0.25, 0.3) is 5.91 Å². The molecule has 5 nitrogen and oxygen atoms in total. The monoisotopic (exact) mass is 290 g/mol. The number of amides is 1. The fourth-order valence-electron chi connectivity index (χ4n) is 1.54. The first-order chi connectivity index (χ1) is 9.52. The molecular weight excluding hydrogens is 283 g/mol. The Bertz CT molecular complexity index is 727. The second-order valence-electron chi connectivity index (χ2n) is 3.81. The Kier molecular flexibility index (Phi) is 3.82. The molecule has 3 N–H and O–H groups in total. The summed E-state index contributed by atoms with van der Waals surface area (Å²) in [6.45, 7) is 0. The molecule has 0 atom stereocenters. The van der Waals surface area contributed by atoms with Gasteiger partial charge in [0, 0.05) is 11.2 Å². The highest BCUT2D eigenvalue weighted by molar-refractivity contribution is 6.31. The largest absolute Gasteiger partial charge is 0.381 e. The smallest absolute Gasteiger partial charge is 0.258 e. The molecule has 2 rings (SSSR count). The third-order valence-corrected chi connectivity index (χ3v) is 2.75. The van der Waals surface area contributed by atoms with Crippen molar-refractivity contribution in [2.75, 3.05) is 11.1 Å². The number of pyridine rings is 1. The number of anilines is 2. The van der Waals surface area contributed by atoms with E-state index < -0.39 is 11.7 Å². The molecule has 1 heterocycles. The maximum Gasteiger partial charge on any atom is 0.258 e. The summed E-state index contributed by atoms with van der Waals surface area (Å²) in [4.78, 5) is 15.5. The van der Waals surface area contributed by atoms with Crippen LogP contribution in [-0.4, -0.2) is 10.9 Å². The van der Waals surface area contributed by atoms with Crippen LogP contribution in [0.15, 0.2) is 30.5 Å². The van der Waals surface area contributed by atoms with Crippen molar-refractivity contribution in [3.05, 3.63) is 52.4 Å². The first-order valence-corrected chi connectivity index (χ1v) is 5.81. The number of nitrogens with one attached hydrogen (secondary N) is 1. The van der Waals surface area contributed by atoms with E-state index in [1.54, 1.807) is 0 Å². The highest BCUT2D eigenvalue weighted by Crippen LogP contribution is 2.22. The average molecular weight is 291 g/mol. The van der Waals surface area contributed by atoms with Crippen LogP contribution in [0.2, 0.25) is 5.02 Å². The van der Waals surface area contributed by atoms with Gasteiger partial charge in [-0.25, -0.2) is 9.37 Å². The van der Waals surface area contributed by atoms with Crippen LogP contribution in [0.3, 0.4) is 0 Å². The highest BCUT2D eigenvalue weighted by atomic mass is 35.5. The van der Waals surface area contributed by atoms with E-state index in [0.29, 0.717) is 5.02 Å². The number of nitrogens with zero attached hydrogens (tertiary/aromatic N) is 2. The number of carbonyl (C=O) groups excluding carboxylic acids is 1. The van der Waals surface area contributed by atoms with Crippen molar-refractivity contribution in [3.63, 3.8) is 0 Å². The molecule has 0 spiro atoms. The third-order valence-electron chi connectivity index (χ3n) is 2.51. The minimum absolute atomic E-state index is 0.194. The summed E-state index contributed by atoms with van der Waals surface area (Å²) in [6.07, 6.45) is 1.22. The predicted molar refractivity (Wildman–Crippen MR) is 72.7 cm³/mol. The molecule has 0 saturated carbocycles. The number of nitrogens with two attached hydrogens (primary N) is 1. The molecule has 0 aliphatic heterocycles. The van der Waals surface area contributed by atoms with Gasteiger partial charge in [-0.1, -0.05) is 11.6 Å². The molecule has 0 aliphatic rings. The van der Waals surface area contributed by atoms with E-state index >= 15 is 0 Å². The lowest BCUT2D eigenvalue weighted by Crippen LogP contribution is -2.16. The molecule has 1 aromatic heterocycles. The Morgan fingerprint density at radius 1 is 1.45 bits per heavy atom. The van der Waals surface area contributed by atoms with Gasteiger partial charge in [0.2, 0.25) is 0 Å². The molecular formula is C13H8ClFN4O. The summed E-state index contributed by atoms with van der Waals surface area (Å²) in [5.41, 5.74) is 5.44. The van der Waals surface area contributed by atoms with Crippen LogP contribution in [0.25, 0.3) is 0 Å². The molecule has 1 amide bonds. The molecule has 20 heavy (non-hydrogen) atoms. The lowest BCUT2D eigenvalue weighted by molar-refractivity contribution is 0.102. The number of benzene rings is 1. The molecule has 7 heteroatoms. The summed E-state index contributed by atoms with van der Waals surface area (Å²) < 4.78 is 13.7. The van der Waals surface area contributed by atoms with Gasteiger partial charge < -0.3 is 11.1 Å². The molecule has 0 unspecified atom stereocenters. The number of rotatable bonds is 2. The lowest BCUT2D eigenvalue weighted by atomic mass is 10.1. The summed E-state index contributed by atoms with van der Waals surface area (Å²) >= 11 is 5.79. The first kappa shape index (κ1) is 13.8. The second kappa shape index (κ2) is 5.55. The number of nitriles is 1. The van der Waals surface area contributed by atoms with Crippen molar-refractivity contribution in [1.82, 2.24) is 4.98 Å². The van der Waals surface area contributed by atoms with Crippen LogP contribution in [0, 0.1) is 17.1 Å². The molecule has 0 radical (unpaired) electrons. The van der Waals surface area contributed by atoms with E-state index in [-0.39, 0.29) is 22.6 Å². The van der Waals surface area contributed by atoms with Crippen LogP contribution in [0.5, 0.6) is 0 Å². The predicted octanol–water partition coefficient (Wildman–Crippen LogP) is 2.58. The Morgan fingerprint density at radius 3 is 2.90 bits per heavy atom. The summed E-state index contributed by atoms with van der Waals surface area (Å²) in [7, 11) is 0. The number of halogens is 2. The third kappa shape index (κ3) is 2.68. The molecule has 0 saturated heterocycles. The molecule has 0 aliphatic carbocycles. The quantitative estimate of drug-likeness (QED) is 0.889. The van der Waals surface area contributed by atoms with Crippen molar-refractivity contribution in [3.8, 4) is 6.07 Å². The number of nitrogen functional groups attached to an aromatic ring is 1. The zero-order chi connectivity index (χ0) is 14.7. The maximum absolute atomic E-state index is 13.7. The van der Waals surface area contributed by atoms with E-state index in [4.69, 9.17) is 22.6 Å². The van der Waals surface area contributed by atoms with Crippen molar-refractivity contribution >= 4 is 29.0 Å². The number of carbonyl (C=O) groups is 1. The Morgan fingerprint density at radius 2 is 2.20 bits per heavy atom. The highest BCUT2D eigenvalue weighted by Gasteiger charge is 2.16. The van der Waals surface area contributed by atoms with Crippen molar-refractivity contribution in [1.29, 1.82) is 5.26 Å². The fraction of sp³-hybridized carbons (Fsp3) is 0. The van der Waals surface area contributed by atoms with Gasteiger partial charge in [0.05, 0.1) is 16.8 Å². The maximum atomic E-state index is 13.7. The Labute approximate surface area is 118 Å². The number of hydrogen-bond donors (Lipinski definition) is 2. The molecule has 0 fully saturated rings. The SMILES string of the molecule is N#Cc1ccc(Cl)cc1NC(=O)c1ccnc(N)c1F. The van der Waals surface area contributed by atoms with Gasteiger partial charge in [-0.05, 0) is 24.3 Å². The summed E-state index contributed by atoms with van der Waals surface area (Å²) in [5.74, 6) is -2.02. The molecule has 2 aromatic rings. The van der Waals surface area contributed by atoms with Crippen LogP contribution in [-0.2, 0) is 0 Å². The summed E-state index contributed by atoms with van der Waals surface area (Å²) in [5, 5.41) is 11.7. The molecule has 1 aromatic carbocycles. The van der Waals surface area contributed by atoms with Crippen molar-refractivity contribution in [2.45, 2.75) is 0 Å². The Balaban J connectivity index is 2.35. The van der Waals surface area contributed by atoms with Gasteiger partial charge in [-0.3, -0.25) is 4.79 Å². The lowest BCUT2D eigenvalue weighted by Gasteiger charge is -2.08. The van der Waals surface area contributed by atoms with Crippen LogP contribution < -0.4 is 11.1 Å². The summed E-state index contributed by atoms with van der Waals surface area (Å²) in [6, 6.07) is 7.47. The van der Waals surface area contributed by atoms with Crippen LogP contribution in [0.4, 0.5) is 15.9 Å². The molecule has 0 bridgehead atoms. The topological polar surface area (TPSA) is 91.8 Å². The first-order valence-electron chi connectivity index (χ1n) is 5.44. The van der Waals surface area contributed by atoms with Gasteiger partial charge in [0.1, 0.15) is 6.07 Å². The van der Waals surface area contributed by atoms with Gasteiger partial charge in [0.15, 0.2) is 11.6 Å². The van der Waals surface area contributed by atoms with E-state index in [9.17, 15) is 9.18 Å². The minimum atomic E-state index is -0.912. The minimum Gasteiger partial charge on any atom is -0.381 e. The van der Waals surface area contributed by atoms with Gasteiger partial charge in [-0.2, -0.15) is 5.26 Å². The average Bonchev–Trinajstić information content (AvgIpc) is 2.42. The van der Waals surface area contributed by atoms with Crippen LogP contribution >= 0.6 is 11.6 Å². The normalized spacial score (nSPS) is 9.85. The Hall–Kier alpha value is -2.65. The van der Waals surface area contributed by atoms with Crippen LogP contribution in [0.1, 0.15) is 15.9 Å². The standard InChI is InChI=1S/C13H8ClFN4O/c14-8-2-1-7(6-16)10(5-8)19-13(20)9-3-4-18-12(17)11(9)15/h1-5H,(H2,17,18)(H,19,20). The van der Waals surface area contributed by atoms with Gasteiger partial charge in [-0.15, -0.1) is 0 Å². The van der Waals surface area contributed by atoms with Gasteiger partial charge >= 0.3 is 0 Å².